The van der Waals surface area contributed by atoms with Gasteiger partial charge in [-0.3, -0.25) is 4.79 Å². The van der Waals surface area contributed by atoms with Gasteiger partial charge in [0.05, 0.1) is 0 Å². The molecule has 1 spiro atoms. The van der Waals surface area contributed by atoms with Crippen molar-refractivity contribution >= 4 is 34.8 Å². The van der Waals surface area contributed by atoms with Gasteiger partial charge < -0.3 is 15.5 Å². The Bertz CT molecular complexity index is 973. The highest BCUT2D eigenvalue weighted by Crippen LogP contribution is 2.47. The third-order valence-electron chi connectivity index (χ3n) is 7.51. The zero-order valence-corrected chi connectivity index (χ0v) is 19.4. The summed E-state index contributed by atoms with van der Waals surface area (Å²) in [6.45, 7) is 1.58. The van der Waals surface area contributed by atoms with Crippen molar-refractivity contribution in [2.45, 2.75) is 56.1 Å². The van der Waals surface area contributed by atoms with Gasteiger partial charge >= 0.3 is 0 Å². The lowest BCUT2D eigenvalue weighted by Gasteiger charge is -2.46. The van der Waals surface area contributed by atoms with Crippen LogP contribution < -0.4 is 15.5 Å². The summed E-state index contributed by atoms with van der Waals surface area (Å²) in [4.78, 5) is 15.8. The quantitative estimate of drug-likeness (QED) is 0.616. The van der Waals surface area contributed by atoms with Crippen LogP contribution in [0.5, 0.6) is 0 Å². The van der Waals surface area contributed by atoms with Crippen LogP contribution in [-0.4, -0.2) is 30.7 Å². The number of carbonyl (C=O) groups excluding carboxylic acids is 1. The SMILES string of the molecule is O=C1NC(C2CCCCC2c2cc(Cl)cc(Cl)c2)N(c2ccc(F)cc2)C12CCNCC2. The first-order valence-electron chi connectivity index (χ1n) is 11.5. The number of anilines is 1. The lowest BCUT2D eigenvalue weighted by Crippen LogP contribution is -2.58. The second-order valence-electron chi connectivity index (χ2n) is 9.30. The van der Waals surface area contributed by atoms with Gasteiger partial charge in [-0.1, -0.05) is 36.0 Å². The van der Waals surface area contributed by atoms with Crippen molar-refractivity contribution in [1.29, 1.82) is 0 Å². The molecule has 2 aromatic rings. The fourth-order valence-electron chi connectivity index (χ4n) is 6.07. The normalized spacial score (nSPS) is 27.5. The van der Waals surface area contributed by atoms with E-state index in [9.17, 15) is 9.18 Å². The summed E-state index contributed by atoms with van der Waals surface area (Å²) < 4.78 is 13.8. The molecule has 2 aliphatic heterocycles. The number of halogens is 3. The van der Waals surface area contributed by atoms with Crippen LogP contribution in [0.4, 0.5) is 10.1 Å². The van der Waals surface area contributed by atoms with Crippen molar-refractivity contribution in [3.8, 4) is 0 Å². The molecule has 0 aromatic heterocycles. The Morgan fingerprint density at radius 3 is 2.31 bits per heavy atom. The van der Waals surface area contributed by atoms with E-state index in [1.807, 2.05) is 12.1 Å². The van der Waals surface area contributed by atoms with Crippen LogP contribution >= 0.6 is 23.2 Å². The van der Waals surface area contributed by atoms with E-state index in [0.29, 0.717) is 10.0 Å². The van der Waals surface area contributed by atoms with Gasteiger partial charge in [-0.2, -0.15) is 0 Å². The van der Waals surface area contributed by atoms with Crippen LogP contribution in [0.15, 0.2) is 42.5 Å². The van der Waals surface area contributed by atoms with Gasteiger partial charge in [0, 0.05) is 21.7 Å². The lowest BCUT2D eigenvalue weighted by molar-refractivity contribution is -0.124. The first-order chi connectivity index (χ1) is 15.5. The summed E-state index contributed by atoms with van der Waals surface area (Å²) in [6.07, 6.45) is 5.59. The number of rotatable bonds is 3. The topological polar surface area (TPSA) is 44.4 Å². The molecule has 170 valence electrons. The van der Waals surface area contributed by atoms with E-state index < -0.39 is 5.54 Å². The zero-order chi connectivity index (χ0) is 22.3. The summed E-state index contributed by atoms with van der Waals surface area (Å²) in [6, 6.07) is 12.4. The van der Waals surface area contributed by atoms with Gasteiger partial charge in [0.2, 0.25) is 5.91 Å². The lowest BCUT2D eigenvalue weighted by atomic mass is 9.73. The highest BCUT2D eigenvalue weighted by molar-refractivity contribution is 6.34. The van der Waals surface area contributed by atoms with E-state index in [4.69, 9.17) is 23.2 Å². The Morgan fingerprint density at radius 1 is 0.969 bits per heavy atom. The number of carbonyl (C=O) groups is 1. The minimum Gasteiger partial charge on any atom is -0.336 e. The van der Waals surface area contributed by atoms with Crippen LogP contribution in [-0.2, 0) is 4.79 Å². The average molecular weight is 476 g/mol. The molecular weight excluding hydrogens is 448 g/mol. The second-order valence-corrected chi connectivity index (χ2v) is 10.2. The Kier molecular flexibility index (Phi) is 6.08. The Hall–Kier alpha value is -1.82. The third kappa shape index (κ3) is 3.89. The first-order valence-corrected chi connectivity index (χ1v) is 12.3. The molecule has 2 aromatic carbocycles. The molecule has 1 amide bonds. The van der Waals surface area contributed by atoms with Crippen LogP contribution in [0.25, 0.3) is 0 Å². The van der Waals surface area contributed by atoms with Gasteiger partial charge in [-0.25, -0.2) is 4.39 Å². The van der Waals surface area contributed by atoms with Crippen molar-refractivity contribution in [2.75, 3.05) is 18.0 Å². The predicted molar refractivity (Wildman–Crippen MR) is 127 cm³/mol. The third-order valence-corrected chi connectivity index (χ3v) is 7.95. The number of piperidine rings is 1. The van der Waals surface area contributed by atoms with Gasteiger partial charge in [0.15, 0.2) is 0 Å². The number of nitrogens with zero attached hydrogens (tertiary/aromatic N) is 1. The molecule has 3 atom stereocenters. The molecule has 3 aliphatic rings. The molecule has 32 heavy (non-hydrogen) atoms. The van der Waals surface area contributed by atoms with E-state index in [1.165, 1.54) is 12.1 Å². The molecule has 5 rings (SSSR count). The minimum absolute atomic E-state index is 0.0850. The highest BCUT2D eigenvalue weighted by Gasteiger charge is 2.56. The van der Waals surface area contributed by atoms with E-state index in [-0.39, 0.29) is 29.7 Å². The number of hydrogen-bond acceptors (Lipinski definition) is 3. The molecule has 2 saturated heterocycles. The van der Waals surface area contributed by atoms with Crippen LogP contribution in [0.3, 0.4) is 0 Å². The summed E-state index contributed by atoms with van der Waals surface area (Å²) >= 11 is 12.7. The predicted octanol–water partition coefficient (Wildman–Crippen LogP) is 5.49. The highest BCUT2D eigenvalue weighted by atomic mass is 35.5. The van der Waals surface area contributed by atoms with Crippen molar-refractivity contribution in [1.82, 2.24) is 10.6 Å². The number of hydrogen-bond donors (Lipinski definition) is 2. The first kappa shape index (κ1) is 22.0. The number of nitrogens with one attached hydrogen (secondary N) is 2. The molecule has 3 unspecified atom stereocenters. The molecule has 3 fully saturated rings. The summed E-state index contributed by atoms with van der Waals surface area (Å²) in [7, 11) is 0. The molecule has 0 bridgehead atoms. The van der Waals surface area contributed by atoms with E-state index in [0.717, 1.165) is 62.9 Å². The summed E-state index contributed by atoms with van der Waals surface area (Å²) in [5.74, 6) is 0.264. The van der Waals surface area contributed by atoms with Crippen molar-refractivity contribution < 1.29 is 9.18 Å². The fourth-order valence-corrected chi connectivity index (χ4v) is 6.61. The maximum absolute atomic E-state index is 13.8. The minimum atomic E-state index is -0.609. The van der Waals surface area contributed by atoms with Gasteiger partial charge in [0.1, 0.15) is 17.5 Å². The van der Waals surface area contributed by atoms with Crippen LogP contribution in [0.1, 0.15) is 50.0 Å². The molecule has 0 radical (unpaired) electrons. The smallest absolute Gasteiger partial charge is 0.247 e. The number of amides is 1. The molecule has 1 saturated carbocycles. The Morgan fingerprint density at radius 2 is 1.62 bits per heavy atom. The Labute approximate surface area is 198 Å². The van der Waals surface area contributed by atoms with Crippen molar-refractivity contribution in [3.63, 3.8) is 0 Å². The summed E-state index contributed by atoms with van der Waals surface area (Å²) in [5, 5.41) is 8.03. The largest absolute Gasteiger partial charge is 0.336 e. The summed E-state index contributed by atoms with van der Waals surface area (Å²) in [5.41, 5.74) is 1.42. The Balaban J connectivity index is 1.57. The monoisotopic (exact) mass is 475 g/mol. The fraction of sp³-hybridized carbons (Fsp3) is 0.480. The average Bonchev–Trinajstić information content (AvgIpc) is 3.06. The van der Waals surface area contributed by atoms with Crippen LogP contribution in [0, 0.1) is 11.7 Å². The van der Waals surface area contributed by atoms with Gasteiger partial charge in [-0.15, -0.1) is 0 Å². The molecule has 2 heterocycles. The second kappa shape index (κ2) is 8.85. The van der Waals surface area contributed by atoms with E-state index in [1.54, 1.807) is 18.2 Å². The molecule has 4 nitrogen and oxygen atoms in total. The molecule has 1 aliphatic carbocycles. The van der Waals surface area contributed by atoms with Gasteiger partial charge in [0.25, 0.3) is 0 Å². The maximum atomic E-state index is 13.8. The van der Waals surface area contributed by atoms with Crippen LogP contribution in [0.2, 0.25) is 10.0 Å². The van der Waals surface area contributed by atoms with Crippen molar-refractivity contribution in [3.05, 3.63) is 63.9 Å². The zero-order valence-electron chi connectivity index (χ0n) is 17.9. The molecular formula is C25H28Cl2FN3O. The van der Waals surface area contributed by atoms with Crippen molar-refractivity contribution in [2.24, 2.45) is 5.92 Å². The number of benzene rings is 2. The molecule has 7 heteroatoms. The van der Waals surface area contributed by atoms with Gasteiger partial charge in [-0.05, 0) is 92.7 Å². The van der Waals surface area contributed by atoms with E-state index >= 15 is 0 Å². The maximum Gasteiger partial charge on any atom is 0.247 e. The molecule has 2 N–H and O–H groups in total. The van der Waals surface area contributed by atoms with E-state index in [2.05, 4.69) is 15.5 Å². The standard InChI is InChI=1S/C25H28Cl2FN3O/c26-17-13-16(14-18(27)15-17)21-3-1-2-4-22(21)23-30-24(32)25(9-11-29-12-10-25)31(23)20-7-5-19(28)6-8-20/h5-8,13-15,21-23,29H,1-4,9-12H2,(H,30,32).